The van der Waals surface area contributed by atoms with E-state index >= 15 is 0 Å². The van der Waals surface area contributed by atoms with Gasteiger partial charge in [-0.25, -0.2) is 23.9 Å². The number of hydrogen-bond donors (Lipinski definition) is 2. The fourth-order valence-corrected chi connectivity index (χ4v) is 6.49. The minimum Gasteiger partial charge on any atom is -0.480 e. The van der Waals surface area contributed by atoms with Crippen molar-refractivity contribution in [2.75, 3.05) is 13.2 Å². The molecule has 1 atom stereocenters. The first-order valence-corrected chi connectivity index (χ1v) is 14.7. The van der Waals surface area contributed by atoms with Gasteiger partial charge >= 0.3 is 18.2 Å². The normalized spacial score (nSPS) is 13.7. The van der Waals surface area contributed by atoms with E-state index in [0.717, 1.165) is 44.5 Å². The summed E-state index contributed by atoms with van der Waals surface area (Å²) < 4.78 is 12.4. The third kappa shape index (κ3) is 5.22. The van der Waals surface area contributed by atoms with Crippen molar-refractivity contribution in [2.45, 2.75) is 24.3 Å². The first-order valence-electron chi connectivity index (χ1n) is 14.7. The number of alkyl carbamates (subject to hydrolysis) is 1. The molecule has 5 aromatic rings. The Morgan fingerprint density at radius 3 is 1.62 bits per heavy atom. The average molecular weight is 600 g/mol. The molecule has 0 spiro atoms. The third-order valence-corrected chi connectivity index (χ3v) is 8.59. The summed E-state index contributed by atoms with van der Waals surface area (Å²) in [6.45, 7) is 0.148. The van der Waals surface area contributed by atoms with Gasteiger partial charge in [0.15, 0.2) is 0 Å². The zero-order valence-corrected chi connectivity index (χ0v) is 24.1. The summed E-state index contributed by atoms with van der Waals surface area (Å²) in [5, 5.41) is 12.3. The molecule has 4 aromatic carbocycles. The lowest BCUT2D eigenvalue weighted by Crippen LogP contribution is -2.43. The van der Waals surface area contributed by atoms with Crippen LogP contribution in [0, 0.1) is 0 Å². The van der Waals surface area contributed by atoms with Crippen LogP contribution < -0.4 is 5.32 Å². The van der Waals surface area contributed by atoms with Gasteiger partial charge in [0.2, 0.25) is 0 Å². The SMILES string of the molecule is O=C(N[C@H](Cc1cncn1C(=O)OCC1c2ccccc2-c2ccccc21)C(=O)O)OCC1c2ccccc2-c2ccccc21. The van der Waals surface area contributed by atoms with E-state index in [1.54, 1.807) is 0 Å². The molecule has 2 N–H and O–H groups in total. The number of carboxylic acids is 1. The average Bonchev–Trinajstić information content (AvgIpc) is 3.75. The topological polar surface area (TPSA) is 120 Å². The van der Waals surface area contributed by atoms with Gasteiger partial charge in [-0.3, -0.25) is 0 Å². The Labute approximate surface area is 259 Å². The summed E-state index contributed by atoms with van der Waals surface area (Å²) in [5.41, 5.74) is 8.94. The molecule has 0 saturated heterocycles. The molecule has 9 nitrogen and oxygen atoms in total. The van der Waals surface area contributed by atoms with E-state index in [2.05, 4.69) is 22.4 Å². The predicted octanol–water partition coefficient (Wildman–Crippen LogP) is 6.21. The molecule has 224 valence electrons. The zero-order valence-electron chi connectivity index (χ0n) is 24.1. The molecule has 0 aliphatic heterocycles. The Morgan fingerprint density at radius 2 is 1.16 bits per heavy atom. The molecule has 0 saturated carbocycles. The lowest BCUT2D eigenvalue weighted by Gasteiger charge is -2.18. The van der Waals surface area contributed by atoms with Gasteiger partial charge in [-0.2, -0.15) is 0 Å². The highest BCUT2D eigenvalue weighted by atomic mass is 16.6. The molecule has 2 aliphatic rings. The summed E-state index contributed by atoms with van der Waals surface area (Å²) in [6, 6.07) is 30.6. The van der Waals surface area contributed by atoms with E-state index in [4.69, 9.17) is 9.47 Å². The van der Waals surface area contributed by atoms with Crippen LogP contribution in [0.15, 0.2) is 110 Å². The fraction of sp³-hybridized carbons (Fsp3) is 0.167. The van der Waals surface area contributed by atoms with Gasteiger partial charge in [0, 0.05) is 24.5 Å². The molecule has 0 fully saturated rings. The number of aromatic nitrogens is 2. The molecule has 9 heteroatoms. The number of amides is 1. The molecule has 1 amide bonds. The number of ether oxygens (including phenoxy) is 2. The van der Waals surface area contributed by atoms with Crippen molar-refractivity contribution in [3.05, 3.63) is 138 Å². The molecule has 45 heavy (non-hydrogen) atoms. The van der Waals surface area contributed by atoms with Gasteiger partial charge < -0.3 is 19.9 Å². The first kappa shape index (κ1) is 28.1. The summed E-state index contributed by atoms with van der Waals surface area (Å²) in [5.74, 6) is -1.57. The molecule has 0 radical (unpaired) electrons. The summed E-state index contributed by atoms with van der Waals surface area (Å²) in [6.07, 6.45) is 0.909. The minimum atomic E-state index is -1.36. The molecule has 1 heterocycles. The van der Waals surface area contributed by atoms with Gasteiger partial charge in [0.25, 0.3) is 0 Å². The van der Waals surface area contributed by atoms with E-state index in [1.165, 1.54) is 17.1 Å². The minimum absolute atomic E-state index is 0.0455. The zero-order chi connectivity index (χ0) is 30.9. The maximum atomic E-state index is 13.2. The smallest absolute Gasteiger partial charge is 0.419 e. The van der Waals surface area contributed by atoms with E-state index < -0.39 is 24.2 Å². The molecule has 0 unspecified atom stereocenters. The van der Waals surface area contributed by atoms with Gasteiger partial charge in [-0.05, 0) is 44.5 Å². The number of benzene rings is 4. The maximum absolute atomic E-state index is 13.2. The Kier molecular flexibility index (Phi) is 7.34. The van der Waals surface area contributed by atoms with E-state index in [0.29, 0.717) is 0 Å². The van der Waals surface area contributed by atoms with Crippen LogP contribution in [-0.4, -0.2) is 52.1 Å². The standard InChI is InChI=1S/C36H29N3O6/c40-34(41)33(38-35(42)44-19-31-27-13-5-1-9-23(27)24-10-2-6-14-28(24)31)17-22-18-37-21-39(22)36(43)45-20-32-29-15-7-3-11-25(29)26-12-4-8-16-30(26)32/h1-16,18,21,31-33H,17,19-20H2,(H,38,42)(H,40,41)/t33-/m1/s1. The number of carbonyl (C=O) groups is 3. The highest BCUT2D eigenvalue weighted by Crippen LogP contribution is 2.45. The van der Waals surface area contributed by atoms with Crippen molar-refractivity contribution in [3.8, 4) is 22.3 Å². The number of fused-ring (bicyclic) bond motifs is 6. The largest absolute Gasteiger partial charge is 0.480 e. The maximum Gasteiger partial charge on any atom is 0.419 e. The molecule has 2 aliphatic carbocycles. The summed E-state index contributed by atoms with van der Waals surface area (Å²) >= 11 is 0. The van der Waals surface area contributed by atoms with Crippen LogP contribution in [0.1, 0.15) is 39.8 Å². The van der Waals surface area contributed by atoms with Crippen molar-refractivity contribution in [1.29, 1.82) is 0 Å². The number of hydrogen-bond acceptors (Lipinski definition) is 6. The van der Waals surface area contributed by atoms with E-state index in [9.17, 15) is 19.5 Å². The molecule has 0 bridgehead atoms. The number of nitrogens with zero attached hydrogens (tertiary/aromatic N) is 2. The number of aliphatic carboxylic acids is 1. The quantitative estimate of drug-likeness (QED) is 0.217. The Hall–Kier alpha value is -5.70. The number of imidazole rings is 1. The third-order valence-electron chi connectivity index (χ3n) is 8.59. The Balaban J connectivity index is 0.997. The second kappa shape index (κ2) is 11.8. The number of nitrogens with one attached hydrogen (secondary N) is 1. The first-order chi connectivity index (χ1) is 22.0. The highest BCUT2D eigenvalue weighted by molar-refractivity contribution is 5.82. The van der Waals surface area contributed by atoms with Crippen molar-refractivity contribution in [2.24, 2.45) is 0 Å². The van der Waals surface area contributed by atoms with Gasteiger partial charge in [0.05, 0.1) is 5.69 Å². The van der Waals surface area contributed by atoms with Crippen LogP contribution in [0.4, 0.5) is 9.59 Å². The van der Waals surface area contributed by atoms with Crippen LogP contribution in [0.25, 0.3) is 22.3 Å². The predicted molar refractivity (Wildman–Crippen MR) is 166 cm³/mol. The van der Waals surface area contributed by atoms with Crippen molar-refractivity contribution in [3.63, 3.8) is 0 Å². The Bertz CT molecular complexity index is 1840. The summed E-state index contributed by atoms with van der Waals surface area (Å²) in [7, 11) is 0. The van der Waals surface area contributed by atoms with E-state index in [-0.39, 0.29) is 37.2 Å². The van der Waals surface area contributed by atoms with Gasteiger partial charge in [-0.1, -0.05) is 97.1 Å². The second-order valence-corrected chi connectivity index (χ2v) is 11.1. The van der Waals surface area contributed by atoms with Crippen molar-refractivity contribution in [1.82, 2.24) is 14.9 Å². The molecule has 7 rings (SSSR count). The summed E-state index contributed by atoms with van der Waals surface area (Å²) in [4.78, 5) is 42.2. The van der Waals surface area contributed by atoms with Crippen LogP contribution in [0.3, 0.4) is 0 Å². The fourth-order valence-electron chi connectivity index (χ4n) is 6.49. The lowest BCUT2D eigenvalue weighted by atomic mass is 9.98. The molecular formula is C36H29N3O6. The van der Waals surface area contributed by atoms with Crippen LogP contribution in [-0.2, 0) is 20.7 Å². The van der Waals surface area contributed by atoms with Crippen LogP contribution >= 0.6 is 0 Å². The highest BCUT2D eigenvalue weighted by Gasteiger charge is 2.32. The second-order valence-electron chi connectivity index (χ2n) is 11.1. The monoisotopic (exact) mass is 599 g/mol. The Morgan fingerprint density at radius 1 is 0.711 bits per heavy atom. The number of rotatable bonds is 8. The van der Waals surface area contributed by atoms with E-state index in [1.807, 2.05) is 84.9 Å². The van der Waals surface area contributed by atoms with Crippen molar-refractivity contribution >= 4 is 18.2 Å². The van der Waals surface area contributed by atoms with Crippen molar-refractivity contribution < 1.29 is 29.0 Å². The van der Waals surface area contributed by atoms with Crippen LogP contribution in [0.2, 0.25) is 0 Å². The molecule has 1 aromatic heterocycles. The van der Waals surface area contributed by atoms with Crippen LogP contribution in [0.5, 0.6) is 0 Å². The van der Waals surface area contributed by atoms with Gasteiger partial charge in [-0.15, -0.1) is 0 Å². The van der Waals surface area contributed by atoms with Gasteiger partial charge in [0.1, 0.15) is 25.6 Å². The lowest BCUT2D eigenvalue weighted by molar-refractivity contribution is -0.139. The number of carboxylic acid groups (broad SMARTS) is 1. The molecular weight excluding hydrogens is 570 g/mol. The number of carbonyl (C=O) groups excluding carboxylic acids is 2.